The molecular formula is C10H19O6P. The van der Waals surface area contributed by atoms with E-state index in [2.05, 4.69) is 0 Å². The van der Waals surface area contributed by atoms with Gasteiger partial charge in [0.1, 0.15) is 6.16 Å². The first kappa shape index (κ1) is 16.3. The molecular weight excluding hydrogens is 247 g/mol. The van der Waals surface area contributed by atoms with Gasteiger partial charge in [-0.05, 0) is 20.8 Å². The molecule has 7 heteroatoms. The summed E-state index contributed by atoms with van der Waals surface area (Å²) in [6.45, 7) is 6.32. The molecule has 0 aliphatic heterocycles. The highest BCUT2D eigenvalue weighted by molar-refractivity contribution is 7.54. The van der Waals surface area contributed by atoms with E-state index >= 15 is 0 Å². The molecule has 0 saturated heterocycles. The number of Topliss-reactive ketones (excluding diaryl/α,β-unsaturated/α-hetero) is 1. The Morgan fingerprint density at radius 2 is 1.65 bits per heavy atom. The Morgan fingerprint density at radius 3 is 2.00 bits per heavy atom. The van der Waals surface area contributed by atoms with Gasteiger partial charge in [0, 0.05) is 6.92 Å². The smallest absolute Gasteiger partial charge is 0.338 e. The topological polar surface area (TPSA) is 78.9 Å². The van der Waals surface area contributed by atoms with Crippen LogP contribution in [0.15, 0.2) is 0 Å². The second-order valence-corrected chi connectivity index (χ2v) is 5.38. The fraction of sp³-hybridized carbons (Fsp3) is 0.800. The van der Waals surface area contributed by atoms with Crippen molar-refractivity contribution in [3.05, 3.63) is 0 Å². The summed E-state index contributed by atoms with van der Waals surface area (Å²) in [5.74, 6) is -1.04. The van der Waals surface area contributed by atoms with Crippen molar-refractivity contribution < 1.29 is 27.9 Å². The maximum Gasteiger partial charge on any atom is 0.338 e. The number of hydrogen-bond acceptors (Lipinski definition) is 6. The minimum absolute atomic E-state index is 0.187. The molecule has 0 fully saturated rings. The number of esters is 1. The van der Waals surface area contributed by atoms with Crippen LogP contribution in [0.5, 0.6) is 0 Å². The van der Waals surface area contributed by atoms with Gasteiger partial charge in [0.05, 0.1) is 13.2 Å². The quantitative estimate of drug-likeness (QED) is 0.492. The van der Waals surface area contributed by atoms with Crippen molar-refractivity contribution in [1.82, 2.24) is 0 Å². The molecule has 0 amide bonds. The summed E-state index contributed by atoms with van der Waals surface area (Å²) in [7, 11) is -3.41. The number of hydrogen-bond donors (Lipinski definition) is 0. The van der Waals surface area contributed by atoms with Gasteiger partial charge in [-0.15, -0.1) is 0 Å². The van der Waals surface area contributed by atoms with Crippen molar-refractivity contribution in [2.45, 2.75) is 33.8 Å². The fourth-order valence-corrected chi connectivity index (χ4v) is 2.84. The standard InChI is InChI=1S/C10H19O6P/c1-5-14-17(13,15-6-2)7-10(12)8(3)16-9(4)11/h8H,5-7H2,1-4H3. The molecule has 0 aliphatic rings. The molecule has 0 N–H and O–H groups in total. The van der Waals surface area contributed by atoms with Crippen LogP contribution in [-0.2, 0) is 27.9 Å². The van der Waals surface area contributed by atoms with Crippen LogP contribution >= 0.6 is 7.60 Å². The van der Waals surface area contributed by atoms with Crippen molar-refractivity contribution in [2.24, 2.45) is 0 Å². The number of rotatable bonds is 8. The largest absolute Gasteiger partial charge is 0.455 e. The van der Waals surface area contributed by atoms with Crippen LogP contribution in [0.4, 0.5) is 0 Å². The number of carbonyl (C=O) groups is 2. The highest BCUT2D eigenvalue weighted by atomic mass is 31.2. The SMILES string of the molecule is CCOP(=O)(CC(=O)C(C)OC(C)=O)OCC. The van der Waals surface area contributed by atoms with Gasteiger partial charge >= 0.3 is 13.6 Å². The van der Waals surface area contributed by atoms with E-state index in [9.17, 15) is 14.2 Å². The predicted molar refractivity (Wildman–Crippen MR) is 62.0 cm³/mol. The monoisotopic (exact) mass is 266 g/mol. The Balaban J connectivity index is 4.49. The van der Waals surface area contributed by atoms with Crippen LogP contribution in [0.3, 0.4) is 0 Å². The summed E-state index contributed by atoms with van der Waals surface area (Å²) in [4.78, 5) is 22.3. The Hall–Kier alpha value is -0.710. The Morgan fingerprint density at radius 1 is 1.18 bits per heavy atom. The summed E-state index contributed by atoms with van der Waals surface area (Å²) in [5.41, 5.74) is 0. The third kappa shape index (κ3) is 6.56. The second-order valence-electron chi connectivity index (χ2n) is 3.32. The normalized spacial score (nSPS) is 13.2. The first-order chi connectivity index (χ1) is 7.84. The lowest BCUT2D eigenvalue weighted by atomic mass is 10.3. The van der Waals surface area contributed by atoms with Gasteiger partial charge in [-0.2, -0.15) is 0 Å². The lowest BCUT2D eigenvalue weighted by Crippen LogP contribution is -2.26. The Labute approximate surface area is 101 Å². The average Bonchev–Trinajstić information content (AvgIpc) is 2.16. The zero-order valence-corrected chi connectivity index (χ0v) is 11.5. The van der Waals surface area contributed by atoms with Crippen LogP contribution in [-0.4, -0.2) is 37.2 Å². The molecule has 0 aromatic heterocycles. The van der Waals surface area contributed by atoms with Crippen molar-refractivity contribution in [2.75, 3.05) is 19.4 Å². The van der Waals surface area contributed by atoms with E-state index in [-0.39, 0.29) is 19.4 Å². The molecule has 0 rings (SSSR count). The maximum atomic E-state index is 12.0. The lowest BCUT2D eigenvalue weighted by molar-refractivity contribution is -0.151. The van der Waals surface area contributed by atoms with Crippen LogP contribution in [0.1, 0.15) is 27.7 Å². The van der Waals surface area contributed by atoms with E-state index in [4.69, 9.17) is 13.8 Å². The minimum Gasteiger partial charge on any atom is -0.455 e. The van der Waals surface area contributed by atoms with Crippen LogP contribution in [0.2, 0.25) is 0 Å². The summed E-state index contributed by atoms with van der Waals surface area (Å²) in [6.07, 6.45) is -1.33. The van der Waals surface area contributed by atoms with Crippen molar-refractivity contribution >= 4 is 19.3 Å². The molecule has 17 heavy (non-hydrogen) atoms. The second kappa shape index (κ2) is 7.58. The lowest BCUT2D eigenvalue weighted by Gasteiger charge is -2.18. The summed E-state index contributed by atoms with van der Waals surface area (Å²) in [6, 6.07) is 0. The van der Waals surface area contributed by atoms with Crippen molar-refractivity contribution in [3.8, 4) is 0 Å². The van der Waals surface area contributed by atoms with Gasteiger partial charge in [0.15, 0.2) is 11.9 Å². The molecule has 0 bridgehead atoms. The molecule has 0 aromatic carbocycles. The molecule has 0 spiro atoms. The molecule has 6 nitrogen and oxygen atoms in total. The summed E-state index contributed by atoms with van der Waals surface area (Å²) < 4.78 is 26.6. The van der Waals surface area contributed by atoms with E-state index < -0.39 is 25.5 Å². The highest BCUT2D eigenvalue weighted by Gasteiger charge is 2.30. The Kier molecular flexibility index (Phi) is 7.27. The highest BCUT2D eigenvalue weighted by Crippen LogP contribution is 2.48. The van der Waals surface area contributed by atoms with E-state index in [1.165, 1.54) is 13.8 Å². The number of ketones is 1. The maximum absolute atomic E-state index is 12.0. The van der Waals surface area contributed by atoms with Gasteiger partial charge in [-0.3, -0.25) is 14.2 Å². The molecule has 1 atom stereocenters. The first-order valence-corrected chi connectivity index (χ1v) is 7.15. The van der Waals surface area contributed by atoms with Crippen LogP contribution in [0, 0.1) is 0 Å². The van der Waals surface area contributed by atoms with Crippen molar-refractivity contribution in [3.63, 3.8) is 0 Å². The molecule has 0 radical (unpaired) electrons. The summed E-state index contributed by atoms with van der Waals surface area (Å²) >= 11 is 0. The van der Waals surface area contributed by atoms with E-state index in [0.29, 0.717) is 0 Å². The fourth-order valence-electron chi connectivity index (χ4n) is 1.16. The molecule has 0 saturated carbocycles. The van der Waals surface area contributed by atoms with Gasteiger partial charge < -0.3 is 13.8 Å². The molecule has 0 aliphatic carbocycles. The molecule has 1 unspecified atom stereocenters. The van der Waals surface area contributed by atoms with Crippen molar-refractivity contribution in [1.29, 1.82) is 0 Å². The Bertz CT molecular complexity index is 304. The van der Waals surface area contributed by atoms with Crippen LogP contribution < -0.4 is 0 Å². The van der Waals surface area contributed by atoms with E-state index in [1.807, 2.05) is 0 Å². The summed E-state index contributed by atoms with van der Waals surface area (Å²) in [5, 5.41) is 0. The third-order valence-corrected chi connectivity index (χ3v) is 3.80. The predicted octanol–water partition coefficient (Wildman–Crippen LogP) is 1.77. The van der Waals surface area contributed by atoms with Gasteiger partial charge in [0.25, 0.3) is 0 Å². The zero-order valence-electron chi connectivity index (χ0n) is 10.6. The van der Waals surface area contributed by atoms with Gasteiger partial charge in [-0.1, -0.05) is 0 Å². The van der Waals surface area contributed by atoms with E-state index in [0.717, 1.165) is 0 Å². The zero-order chi connectivity index (χ0) is 13.5. The van der Waals surface area contributed by atoms with Gasteiger partial charge in [-0.25, -0.2) is 0 Å². The third-order valence-electron chi connectivity index (χ3n) is 1.80. The number of ether oxygens (including phenoxy) is 1. The molecule has 0 heterocycles. The van der Waals surface area contributed by atoms with Crippen LogP contribution in [0.25, 0.3) is 0 Å². The van der Waals surface area contributed by atoms with Gasteiger partial charge in [0.2, 0.25) is 0 Å². The molecule has 100 valence electrons. The minimum atomic E-state index is -3.41. The molecule has 0 aromatic rings. The van der Waals surface area contributed by atoms with E-state index in [1.54, 1.807) is 13.8 Å². The number of carbonyl (C=O) groups excluding carboxylic acids is 2. The first-order valence-electron chi connectivity index (χ1n) is 5.42. The average molecular weight is 266 g/mol.